The Balaban J connectivity index is 1.25. The standard InChI is InChI=1S/C19H23BrN4O3/c1-14-16(20)11-21-24(14)5-4-19(25)23-8-6-22(7-9-23)12-15-2-3-17-18(10-15)27-13-26-17/h2-3,10-11H,4-9,12-13H2,1H3. The molecule has 1 aromatic heterocycles. The van der Waals surface area contributed by atoms with Crippen LogP contribution in [0.3, 0.4) is 0 Å². The van der Waals surface area contributed by atoms with Gasteiger partial charge in [-0.2, -0.15) is 5.10 Å². The number of amides is 1. The molecule has 1 aromatic carbocycles. The maximum absolute atomic E-state index is 12.5. The van der Waals surface area contributed by atoms with Gasteiger partial charge in [-0.3, -0.25) is 14.4 Å². The number of piperazine rings is 1. The summed E-state index contributed by atoms with van der Waals surface area (Å²) in [5, 5.41) is 4.29. The van der Waals surface area contributed by atoms with Crippen molar-refractivity contribution in [2.75, 3.05) is 33.0 Å². The Morgan fingerprint density at radius 3 is 2.70 bits per heavy atom. The topological polar surface area (TPSA) is 59.8 Å². The van der Waals surface area contributed by atoms with Crippen molar-refractivity contribution in [3.63, 3.8) is 0 Å². The monoisotopic (exact) mass is 434 g/mol. The second-order valence-corrected chi connectivity index (χ2v) is 7.75. The number of hydrogen-bond donors (Lipinski definition) is 0. The van der Waals surface area contributed by atoms with Gasteiger partial charge in [-0.05, 0) is 40.5 Å². The van der Waals surface area contributed by atoms with Gasteiger partial charge in [-0.15, -0.1) is 0 Å². The van der Waals surface area contributed by atoms with Gasteiger partial charge in [-0.1, -0.05) is 6.07 Å². The molecule has 0 unspecified atom stereocenters. The Hall–Kier alpha value is -2.06. The van der Waals surface area contributed by atoms with Gasteiger partial charge in [0.2, 0.25) is 12.7 Å². The fourth-order valence-corrected chi connectivity index (χ4v) is 3.76. The van der Waals surface area contributed by atoms with Crippen molar-refractivity contribution in [3.05, 3.63) is 40.1 Å². The summed E-state index contributed by atoms with van der Waals surface area (Å²) in [7, 11) is 0. The molecule has 2 aromatic rings. The zero-order valence-corrected chi connectivity index (χ0v) is 16.9. The molecule has 144 valence electrons. The summed E-state index contributed by atoms with van der Waals surface area (Å²) in [6.07, 6.45) is 2.26. The molecule has 4 rings (SSSR count). The average Bonchev–Trinajstić information content (AvgIpc) is 3.27. The number of hydrogen-bond acceptors (Lipinski definition) is 5. The lowest BCUT2D eigenvalue weighted by molar-refractivity contribution is -0.133. The van der Waals surface area contributed by atoms with Crippen LogP contribution in [-0.4, -0.2) is 58.5 Å². The Morgan fingerprint density at radius 1 is 1.19 bits per heavy atom. The molecule has 2 aliphatic heterocycles. The minimum absolute atomic E-state index is 0.198. The molecule has 0 spiro atoms. The molecule has 0 atom stereocenters. The van der Waals surface area contributed by atoms with E-state index in [0.717, 1.165) is 54.4 Å². The van der Waals surface area contributed by atoms with Crippen LogP contribution in [0.5, 0.6) is 11.5 Å². The zero-order chi connectivity index (χ0) is 18.8. The molecule has 0 saturated carbocycles. The van der Waals surface area contributed by atoms with Crippen molar-refractivity contribution in [2.45, 2.75) is 26.4 Å². The van der Waals surface area contributed by atoms with E-state index in [0.29, 0.717) is 19.8 Å². The molecule has 7 nitrogen and oxygen atoms in total. The quantitative estimate of drug-likeness (QED) is 0.722. The van der Waals surface area contributed by atoms with Gasteiger partial charge in [0.15, 0.2) is 11.5 Å². The molecular formula is C19H23BrN4O3. The smallest absolute Gasteiger partial charge is 0.231 e. The number of halogens is 1. The van der Waals surface area contributed by atoms with Crippen molar-refractivity contribution in [2.24, 2.45) is 0 Å². The number of rotatable bonds is 5. The molecule has 0 N–H and O–H groups in total. The highest BCUT2D eigenvalue weighted by Gasteiger charge is 2.22. The fourth-order valence-electron chi connectivity index (χ4n) is 3.46. The number of fused-ring (bicyclic) bond motifs is 1. The lowest BCUT2D eigenvalue weighted by atomic mass is 10.1. The highest BCUT2D eigenvalue weighted by molar-refractivity contribution is 9.10. The van der Waals surface area contributed by atoms with E-state index in [4.69, 9.17) is 9.47 Å². The minimum Gasteiger partial charge on any atom is -0.454 e. The Kier molecular flexibility index (Phi) is 5.36. The number of nitrogens with zero attached hydrogens (tertiary/aromatic N) is 4. The van der Waals surface area contributed by atoms with Gasteiger partial charge < -0.3 is 14.4 Å². The number of benzene rings is 1. The van der Waals surface area contributed by atoms with Gasteiger partial charge in [0, 0.05) is 51.4 Å². The third-order valence-corrected chi connectivity index (χ3v) is 5.93. The molecule has 0 bridgehead atoms. The van der Waals surface area contributed by atoms with Gasteiger partial charge in [-0.25, -0.2) is 0 Å². The molecule has 27 heavy (non-hydrogen) atoms. The summed E-state index contributed by atoms with van der Waals surface area (Å²) in [6, 6.07) is 6.09. The maximum Gasteiger partial charge on any atom is 0.231 e. The first kappa shape index (κ1) is 18.3. The molecule has 0 aliphatic carbocycles. The Bertz CT molecular complexity index is 830. The van der Waals surface area contributed by atoms with E-state index in [-0.39, 0.29) is 5.91 Å². The van der Waals surface area contributed by atoms with Crippen LogP contribution < -0.4 is 9.47 Å². The molecule has 0 radical (unpaired) electrons. The van der Waals surface area contributed by atoms with Crippen LogP contribution in [0, 0.1) is 6.92 Å². The summed E-state index contributed by atoms with van der Waals surface area (Å²) in [5.74, 6) is 1.83. The largest absolute Gasteiger partial charge is 0.454 e. The molecule has 3 heterocycles. The molecular weight excluding hydrogens is 412 g/mol. The van der Waals surface area contributed by atoms with Gasteiger partial charge in [0.1, 0.15) is 0 Å². The van der Waals surface area contributed by atoms with E-state index in [1.54, 1.807) is 6.20 Å². The van der Waals surface area contributed by atoms with Crippen molar-refractivity contribution in [1.29, 1.82) is 0 Å². The normalized spacial score (nSPS) is 16.7. The van der Waals surface area contributed by atoms with Crippen LogP contribution in [0.2, 0.25) is 0 Å². The van der Waals surface area contributed by atoms with Crippen LogP contribution >= 0.6 is 15.9 Å². The zero-order valence-electron chi connectivity index (χ0n) is 15.4. The van der Waals surface area contributed by atoms with E-state index >= 15 is 0 Å². The van der Waals surface area contributed by atoms with Gasteiger partial charge in [0.25, 0.3) is 0 Å². The summed E-state index contributed by atoms with van der Waals surface area (Å²) >= 11 is 3.45. The van der Waals surface area contributed by atoms with E-state index in [2.05, 4.69) is 32.0 Å². The predicted molar refractivity (Wildman–Crippen MR) is 104 cm³/mol. The van der Waals surface area contributed by atoms with E-state index in [1.807, 2.05) is 28.6 Å². The average molecular weight is 435 g/mol. The fraction of sp³-hybridized carbons (Fsp3) is 0.474. The highest BCUT2D eigenvalue weighted by Crippen LogP contribution is 2.32. The third kappa shape index (κ3) is 4.11. The number of carbonyl (C=O) groups excluding carboxylic acids is 1. The number of ether oxygens (including phenoxy) is 2. The number of aryl methyl sites for hydroxylation is 1. The second kappa shape index (κ2) is 7.90. The van der Waals surface area contributed by atoms with Crippen molar-refractivity contribution >= 4 is 21.8 Å². The minimum atomic E-state index is 0.198. The van der Waals surface area contributed by atoms with E-state index in [1.165, 1.54) is 5.56 Å². The Labute approximate surface area is 167 Å². The van der Waals surface area contributed by atoms with Gasteiger partial charge in [0.05, 0.1) is 10.7 Å². The predicted octanol–water partition coefficient (Wildman–Crippen LogP) is 2.42. The summed E-state index contributed by atoms with van der Waals surface area (Å²) in [6.45, 7) is 7.08. The summed E-state index contributed by atoms with van der Waals surface area (Å²) < 4.78 is 13.7. The van der Waals surface area contributed by atoms with Crippen molar-refractivity contribution < 1.29 is 14.3 Å². The van der Waals surface area contributed by atoms with Crippen LogP contribution in [0.15, 0.2) is 28.9 Å². The summed E-state index contributed by atoms with van der Waals surface area (Å²) in [4.78, 5) is 16.8. The third-order valence-electron chi connectivity index (χ3n) is 5.15. The molecule has 1 fully saturated rings. The van der Waals surface area contributed by atoms with E-state index < -0.39 is 0 Å². The van der Waals surface area contributed by atoms with Crippen LogP contribution in [0.4, 0.5) is 0 Å². The van der Waals surface area contributed by atoms with Crippen LogP contribution in [-0.2, 0) is 17.9 Å². The molecule has 1 amide bonds. The molecule has 8 heteroatoms. The van der Waals surface area contributed by atoms with Crippen LogP contribution in [0.25, 0.3) is 0 Å². The lowest BCUT2D eigenvalue weighted by Gasteiger charge is -2.34. The molecule has 1 saturated heterocycles. The number of carbonyl (C=O) groups is 1. The lowest BCUT2D eigenvalue weighted by Crippen LogP contribution is -2.48. The highest BCUT2D eigenvalue weighted by atomic mass is 79.9. The van der Waals surface area contributed by atoms with Crippen LogP contribution in [0.1, 0.15) is 17.7 Å². The first-order valence-electron chi connectivity index (χ1n) is 9.17. The van der Waals surface area contributed by atoms with Crippen molar-refractivity contribution in [1.82, 2.24) is 19.6 Å². The number of aromatic nitrogens is 2. The van der Waals surface area contributed by atoms with Gasteiger partial charge >= 0.3 is 0 Å². The summed E-state index contributed by atoms with van der Waals surface area (Å²) in [5.41, 5.74) is 2.26. The first-order chi connectivity index (χ1) is 13.1. The first-order valence-corrected chi connectivity index (χ1v) is 9.96. The second-order valence-electron chi connectivity index (χ2n) is 6.90. The maximum atomic E-state index is 12.5. The van der Waals surface area contributed by atoms with E-state index in [9.17, 15) is 4.79 Å². The Morgan fingerprint density at radius 2 is 1.96 bits per heavy atom. The molecule has 2 aliphatic rings. The SMILES string of the molecule is Cc1c(Br)cnn1CCC(=O)N1CCN(Cc2ccc3c(c2)OCO3)CC1. The van der Waals surface area contributed by atoms with Crippen molar-refractivity contribution in [3.8, 4) is 11.5 Å².